The second-order valence-corrected chi connectivity index (χ2v) is 6.52. The first-order chi connectivity index (χ1) is 11.8. The maximum Gasteiger partial charge on any atom is 0.165 e. The Morgan fingerprint density at radius 2 is 2.04 bits per heavy atom. The minimum atomic E-state index is -0.300. The number of aromatic nitrogens is 1. The van der Waals surface area contributed by atoms with Crippen LogP contribution in [0.2, 0.25) is 0 Å². The van der Waals surface area contributed by atoms with Gasteiger partial charge in [0.05, 0.1) is 5.69 Å². The highest BCUT2D eigenvalue weighted by Gasteiger charge is 2.14. The van der Waals surface area contributed by atoms with E-state index < -0.39 is 0 Å². The first-order valence-corrected chi connectivity index (χ1v) is 8.64. The van der Waals surface area contributed by atoms with Crippen molar-refractivity contribution in [3.8, 4) is 5.75 Å². The third-order valence-corrected chi connectivity index (χ3v) is 4.70. The van der Waals surface area contributed by atoms with Gasteiger partial charge in [-0.15, -0.1) is 0 Å². The van der Waals surface area contributed by atoms with Crippen LogP contribution in [0.25, 0.3) is 0 Å². The van der Waals surface area contributed by atoms with E-state index in [1.807, 2.05) is 12.1 Å². The molecule has 0 unspecified atom stereocenters. The zero-order valence-electron chi connectivity index (χ0n) is 13.7. The van der Waals surface area contributed by atoms with Crippen molar-refractivity contribution in [2.24, 2.45) is 0 Å². The predicted molar refractivity (Wildman–Crippen MR) is 91.7 cm³/mol. The first-order valence-electron chi connectivity index (χ1n) is 8.64. The van der Waals surface area contributed by atoms with Gasteiger partial charge in [0.15, 0.2) is 11.6 Å². The quantitative estimate of drug-likeness (QED) is 0.914. The molecular weight excluding hydrogens is 305 g/mol. The van der Waals surface area contributed by atoms with Crippen molar-refractivity contribution in [1.82, 2.24) is 9.88 Å². The highest BCUT2D eigenvalue weighted by Crippen LogP contribution is 2.23. The number of ether oxygens (including phenoxy) is 1. The van der Waals surface area contributed by atoms with Gasteiger partial charge in [0, 0.05) is 13.1 Å². The number of hydrogen-bond donors (Lipinski definition) is 1. The van der Waals surface area contributed by atoms with E-state index in [1.54, 1.807) is 12.1 Å². The number of rotatable bonds is 5. The van der Waals surface area contributed by atoms with Crippen molar-refractivity contribution in [2.45, 2.75) is 32.4 Å². The molecule has 2 aliphatic heterocycles. The molecule has 0 saturated carbocycles. The van der Waals surface area contributed by atoms with Gasteiger partial charge in [-0.3, -0.25) is 4.90 Å². The van der Waals surface area contributed by atoms with Gasteiger partial charge in [-0.2, -0.15) is 0 Å². The topological polar surface area (TPSA) is 37.4 Å². The SMILES string of the molecule is Fc1cc(CN2CCCC2)ccc1OCc1ccc2c(n1)NCC2. The van der Waals surface area contributed by atoms with E-state index >= 15 is 0 Å². The molecule has 5 heteroatoms. The lowest BCUT2D eigenvalue weighted by molar-refractivity contribution is 0.285. The van der Waals surface area contributed by atoms with Gasteiger partial charge in [-0.25, -0.2) is 9.37 Å². The third kappa shape index (κ3) is 3.36. The lowest BCUT2D eigenvalue weighted by Gasteiger charge is -2.15. The van der Waals surface area contributed by atoms with E-state index in [-0.39, 0.29) is 18.2 Å². The number of nitrogens with one attached hydrogen (secondary N) is 1. The second-order valence-electron chi connectivity index (χ2n) is 6.52. The second kappa shape index (κ2) is 6.77. The van der Waals surface area contributed by atoms with E-state index in [2.05, 4.69) is 21.3 Å². The number of anilines is 1. The molecule has 1 aromatic carbocycles. The Morgan fingerprint density at radius 3 is 2.88 bits per heavy atom. The standard InChI is InChI=1S/C19H22FN3O/c20-17-11-14(12-23-9-1-2-10-23)3-6-18(17)24-13-16-5-4-15-7-8-21-19(15)22-16/h3-6,11H,1-2,7-10,12-13H2,(H,21,22). The van der Waals surface area contributed by atoms with Crippen molar-refractivity contribution in [3.63, 3.8) is 0 Å². The van der Waals surface area contributed by atoms with Crippen LogP contribution in [0.4, 0.5) is 10.2 Å². The molecular formula is C19H22FN3O. The van der Waals surface area contributed by atoms with Crippen LogP contribution in [0.15, 0.2) is 30.3 Å². The van der Waals surface area contributed by atoms with Crippen LogP contribution in [0.1, 0.15) is 29.7 Å². The summed E-state index contributed by atoms with van der Waals surface area (Å²) < 4.78 is 19.9. The summed E-state index contributed by atoms with van der Waals surface area (Å²) >= 11 is 0. The highest BCUT2D eigenvalue weighted by molar-refractivity contribution is 5.49. The van der Waals surface area contributed by atoms with Gasteiger partial charge in [0.2, 0.25) is 0 Å². The maximum atomic E-state index is 14.3. The number of likely N-dealkylation sites (tertiary alicyclic amines) is 1. The molecule has 24 heavy (non-hydrogen) atoms. The zero-order chi connectivity index (χ0) is 16.4. The van der Waals surface area contributed by atoms with Gasteiger partial charge >= 0.3 is 0 Å². The molecule has 4 rings (SSSR count). The van der Waals surface area contributed by atoms with Crippen molar-refractivity contribution in [3.05, 3.63) is 53.0 Å². The molecule has 1 N–H and O–H groups in total. The van der Waals surface area contributed by atoms with Crippen LogP contribution >= 0.6 is 0 Å². The molecule has 0 amide bonds. The molecule has 0 bridgehead atoms. The largest absolute Gasteiger partial charge is 0.484 e. The maximum absolute atomic E-state index is 14.3. The number of benzene rings is 1. The zero-order valence-corrected chi connectivity index (χ0v) is 13.7. The molecule has 3 heterocycles. The Hall–Kier alpha value is -2.14. The minimum absolute atomic E-state index is 0.275. The van der Waals surface area contributed by atoms with Crippen LogP contribution in [0, 0.1) is 5.82 Å². The monoisotopic (exact) mass is 327 g/mol. The Bertz CT molecular complexity index is 729. The molecule has 0 atom stereocenters. The molecule has 0 aliphatic carbocycles. The Labute approximate surface area is 141 Å². The van der Waals surface area contributed by atoms with E-state index in [0.29, 0.717) is 0 Å². The molecule has 1 saturated heterocycles. The summed E-state index contributed by atoms with van der Waals surface area (Å²) in [4.78, 5) is 6.88. The summed E-state index contributed by atoms with van der Waals surface area (Å²) in [7, 11) is 0. The number of halogens is 1. The summed E-state index contributed by atoms with van der Waals surface area (Å²) in [5.74, 6) is 0.916. The van der Waals surface area contributed by atoms with Crippen molar-refractivity contribution in [2.75, 3.05) is 25.0 Å². The molecule has 126 valence electrons. The fourth-order valence-corrected chi connectivity index (χ4v) is 3.39. The van der Waals surface area contributed by atoms with Gasteiger partial charge in [-0.1, -0.05) is 12.1 Å². The fraction of sp³-hybridized carbons (Fsp3) is 0.421. The molecule has 4 nitrogen and oxygen atoms in total. The fourth-order valence-electron chi connectivity index (χ4n) is 3.39. The van der Waals surface area contributed by atoms with Gasteiger partial charge < -0.3 is 10.1 Å². The molecule has 2 aromatic rings. The van der Waals surface area contributed by atoms with E-state index in [4.69, 9.17) is 4.74 Å². The lowest BCUT2D eigenvalue weighted by Crippen LogP contribution is -2.18. The summed E-state index contributed by atoms with van der Waals surface area (Å²) in [6.45, 7) is 4.24. The first kappa shape index (κ1) is 15.4. The Kier molecular flexibility index (Phi) is 4.34. The smallest absolute Gasteiger partial charge is 0.165 e. The van der Waals surface area contributed by atoms with Crippen LogP contribution in [-0.2, 0) is 19.6 Å². The molecule has 1 aromatic heterocycles. The summed E-state index contributed by atoms with van der Waals surface area (Å²) in [5.41, 5.74) is 3.04. The van der Waals surface area contributed by atoms with E-state index in [1.165, 1.54) is 18.4 Å². The number of pyridine rings is 1. The number of fused-ring (bicyclic) bond motifs is 1. The van der Waals surface area contributed by atoms with Crippen LogP contribution < -0.4 is 10.1 Å². The summed E-state index contributed by atoms with van der Waals surface area (Å²) in [6, 6.07) is 9.29. The molecule has 0 spiro atoms. The summed E-state index contributed by atoms with van der Waals surface area (Å²) in [5, 5.41) is 3.25. The lowest BCUT2D eigenvalue weighted by atomic mass is 10.2. The minimum Gasteiger partial charge on any atom is -0.484 e. The average molecular weight is 327 g/mol. The number of hydrogen-bond acceptors (Lipinski definition) is 4. The van der Waals surface area contributed by atoms with Crippen molar-refractivity contribution in [1.29, 1.82) is 0 Å². The Morgan fingerprint density at radius 1 is 1.17 bits per heavy atom. The van der Waals surface area contributed by atoms with Gasteiger partial charge in [-0.05, 0) is 61.7 Å². The average Bonchev–Trinajstić information content (AvgIpc) is 3.25. The highest BCUT2D eigenvalue weighted by atomic mass is 19.1. The number of nitrogens with zero attached hydrogens (tertiary/aromatic N) is 2. The van der Waals surface area contributed by atoms with Gasteiger partial charge in [0.1, 0.15) is 12.4 Å². The van der Waals surface area contributed by atoms with Gasteiger partial charge in [0.25, 0.3) is 0 Å². The van der Waals surface area contributed by atoms with Crippen LogP contribution in [0.3, 0.4) is 0 Å². The van der Waals surface area contributed by atoms with Crippen molar-refractivity contribution >= 4 is 5.82 Å². The van der Waals surface area contributed by atoms with Crippen LogP contribution in [0.5, 0.6) is 5.75 Å². The summed E-state index contributed by atoms with van der Waals surface area (Å²) in [6.07, 6.45) is 3.50. The third-order valence-electron chi connectivity index (χ3n) is 4.70. The normalized spacial score (nSPS) is 16.9. The van der Waals surface area contributed by atoms with E-state index in [0.717, 1.165) is 49.7 Å². The van der Waals surface area contributed by atoms with Crippen LogP contribution in [-0.4, -0.2) is 29.5 Å². The van der Waals surface area contributed by atoms with E-state index in [9.17, 15) is 4.39 Å². The molecule has 2 aliphatic rings. The van der Waals surface area contributed by atoms with Crippen molar-refractivity contribution < 1.29 is 9.13 Å². The Balaban J connectivity index is 1.39. The molecule has 1 fully saturated rings. The molecule has 0 radical (unpaired) electrons. The predicted octanol–water partition coefficient (Wildman–Crippen LogP) is 3.36.